The number of nitrogens with one attached hydrogen (secondary N) is 1. The first kappa shape index (κ1) is 21.2. The lowest BCUT2D eigenvalue weighted by Crippen LogP contribution is -2.48. The zero-order valence-electron chi connectivity index (χ0n) is 18.6. The number of rotatable bonds is 3. The number of H-pyrrole nitrogens is 1. The number of carbonyl (C=O) groups is 1. The molecule has 0 radical (unpaired) electrons. The van der Waals surface area contributed by atoms with Crippen LogP contribution in [0.25, 0.3) is 22.0 Å². The molecule has 168 valence electrons. The van der Waals surface area contributed by atoms with Gasteiger partial charge in [0, 0.05) is 25.1 Å². The smallest absolute Gasteiger partial charge is 0.224 e. The SMILES string of the molecule is CC(=O)N1c2ccc(-c3ccc(S(C)(=O)=O)cc3)cc2N(c2n[nH]c3ccccc23)CC1C. The predicted molar refractivity (Wildman–Crippen MR) is 131 cm³/mol. The summed E-state index contributed by atoms with van der Waals surface area (Å²) in [7, 11) is -3.26. The highest BCUT2D eigenvalue weighted by Gasteiger charge is 2.33. The van der Waals surface area contributed by atoms with Crippen molar-refractivity contribution in [2.24, 2.45) is 0 Å². The number of para-hydroxylation sites is 1. The monoisotopic (exact) mass is 460 g/mol. The zero-order chi connectivity index (χ0) is 23.3. The van der Waals surface area contributed by atoms with Crippen LogP contribution in [0.4, 0.5) is 17.2 Å². The molecule has 8 heteroatoms. The van der Waals surface area contributed by atoms with Crippen LogP contribution in [0.5, 0.6) is 0 Å². The molecule has 0 aliphatic carbocycles. The maximum Gasteiger partial charge on any atom is 0.224 e. The second-order valence-electron chi connectivity index (χ2n) is 8.44. The van der Waals surface area contributed by atoms with Crippen molar-refractivity contribution in [3.8, 4) is 11.1 Å². The summed E-state index contributed by atoms with van der Waals surface area (Å²) >= 11 is 0. The number of hydrogen-bond acceptors (Lipinski definition) is 5. The van der Waals surface area contributed by atoms with E-state index in [1.807, 2.05) is 54.3 Å². The number of hydrogen-bond donors (Lipinski definition) is 1. The largest absolute Gasteiger partial charge is 0.320 e. The van der Waals surface area contributed by atoms with Gasteiger partial charge in [0.15, 0.2) is 15.7 Å². The van der Waals surface area contributed by atoms with Gasteiger partial charge < -0.3 is 9.80 Å². The van der Waals surface area contributed by atoms with E-state index >= 15 is 0 Å². The number of aromatic amines is 1. The molecule has 1 atom stereocenters. The fourth-order valence-electron chi connectivity index (χ4n) is 4.53. The van der Waals surface area contributed by atoms with Crippen molar-refractivity contribution in [1.29, 1.82) is 0 Å². The number of aromatic nitrogens is 2. The summed E-state index contributed by atoms with van der Waals surface area (Å²) in [6.07, 6.45) is 1.20. The predicted octanol–water partition coefficient (Wildman–Crippen LogP) is 4.53. The van der Waals surface area contributed by atoms with E-state index in [1.54, 1.807) is 31.2 Å². The van der Waals surface area contributed by atoms with Crippen LogP contribution in [0.2, 0.25) is 0 Å². The number of carbonyl (C=O) groups excluding carboxylic acids is 1. The molecule has 3 aromatic carbocycles. The van der Waals surface area contributed by atoms with Gasteiger partial charge in [-0.15, -0.1) is 0 Å². The summed E-state index contributed by atoms with van der Waals surface area (Å²) in [5, 5.41) is 8.71. The number of amides is 1. The minimum absolute atomic E-state index is 0.0134. The van der Waals surface area contributed by atoms with E-state index in [-0.39, 0.29) is 16.8 Å². The van der Waals surface area contributed by atoms with Crippen molar-refractivity contribution in [3.05, 3.63) is 66.7 Å². The van der Waals surface area contributed by atoms with E-state index in [4.69, 9.17) is 0 Å². The van der Waals surface area contributed by atoms with Crippen LogP contribution in [-0.2, 0) is 14.6 Å². The molecule has 4 aromatic rings. The lowest BCUT2D eigenvalue weighted by atomic mass is 10.0. The third-order valence-corrected chi connectivity index (χ3v) is 7.20. The first-order valence-corrected chi connectivity index (χ1v) is 12.6. The van der Waals surface area contributed by atoms with E-state index < -0.39 is 9.84 Å². The Morgan fingerprint density at radius 2 is 1.70 bits per heavy atom. The van der Waals surface area contributed by atoms with Crippen molar-refractivity contribution in [3.63, 3.8) is 0 Å². The molecule has 1 amide bonds. The average Bonchev–Trinajstić information content (AvgIpc) is 3.21. The summed E-state index contributed by atoms with van der Waals surface area (Å²) in [5.41, 5.74) is 4.47. The lowest BCUT2D eigenvalue weighted by Gasteiger charge is -2.41. The standard InChI is InChI=1S/C25H24N4O3S/c1-16-15-28(25-21-6-4-5-7-22(21)26-27-25)24-14-19(10-13-23(24)29(16)17(2)30)18-8-11-20(12-9-18)33(3,31)32/h4-14,16H,15H2,1-3H3,(H,26,27). The van der Waals surface area contributed by atoms with Crippen LogP contribution in [-0.4, -0.2) is 43.4 Å². The first-order chi connectivity index (χ1) is 15.7. The van der Waals surface area contributed by atoms with Gasteiger partial charge in [0.05, 0.1) is 27.8 Å². The molecule has 1 aromatic heterocycles. The highest BCUT2D eigenvalue weighted by atomic mass is 32.2. The summed E-state index contributed by atoms with van der Waals surface area (Å²) in [5.74, 6) is 0.798. The number of nitrogens with zero attached hydrogens (tertiary/aromatic N) is 3. The fourth-order valence-corrected chi connectivity index (χ4v) is 5.16. The van der Waals surface area contributed by atoms with Crippen LogP contribution < -0.4 is 9.80 Å². The van der Waals surface area contributed by atoms with E-state index in [1.165, 1.54) is 6.26 Å². The molecule has 0 saturated carbocycles. The summed E-state index contributed by atoms with van der Waals surface area (Å²) < 4.78 is 23.7. The third-order valence-electron chi connectivity index (χ3n) is 6.07. The molecular formula is C25H24N4O3S. The van der Waals surface area contributed by atoms with Crippen LogP contribution >= 0.6 is 0 Å². The van der Waals surface area contributed by atoms with Gasteiger partial charge in [-0.25, -0.2) is 8.42 Å². The maximum atomic E-state index is 12.5. The summed E-state index contributed by atoms with van der Waals surface area (Å²) in [6.45, 7) is 4.21. The Hall–Kier alpha value is -3.65. The molecule has 1 aliphatic rings. The Balaban J connectivity index is 1.66. The minimum atomic E-state index is -3.26. The highest BCUT2D eigenvalue weighted by Crippen LogP contribution is 2.43. The van der Waals surface area contributed by atoms with Gasteiger partial charge in [-0.2, -0.15) is 5.10 Å². The number of benzene rings is 3. The molecule has 7 nitrogen and oxygen atoms in total. The average molecular weight is 461 g/mol. The third kappa shape index (κ3) is 3.66. The maximum absolute atomic E-state index is 12.5. The highest BCUT2D eigenvalue weighted by molar-refractivity contribution is 7.90. The van der Waals surface area contributed by atoms with E-state index in [9.17, 15) is 13.2 Å². The van der Waals surface area contributed by atoms with Gasteiger partial charge in [-0.05, 0) is 54.4 Å². The number of anilines is 3. The second-order valence-corrected chi connectivity index (χ2v) is 10.5. The normalized spacial score (nSPS) is 16.2. The van der Waals surface area contributed by atoms with Crippen molar-refractivity contribution in [1.82, 2.24) is 10.2 Å². The molecule has 0 bridgehead atoms. The summed E-state index contributed by atoms with van der Waals surface area (Å²) in [4.78, 5) is 16.7. The Morgan fingerprint density at radius 3 is 2.39 bits per heavy atom. The first-order valence-electron chi connectivity index (χ1n) is 10.7. The summed E-state index contributed by atoms with van der Waals surface area (Å²) in [6, 6.07) is 20.7. The molecule has 0 spiro atoms. The van der Waals surface area contributed by atoms with Gasteiger partial charge in [0.2, 0.25) is 5.91 Å². The quantitative estimate of drug-likeness (QED) is 0.486. The molecule has 33 heavy (non-hydrogen) atoms. The van der Waals surface area contributed by atoms with Crippen molar-refractivity contribution < 1.29 is 13.2 Å². The van der Waals surface area contributed by atoms with Crippen LogP contribution in [0.3, 0.4) is 0 Å². The van der Waals surface area contributed by atoms with Gasteiger partial charge in [0.1, 0.15) is 0 Å². The molecule has 1 unspecified atom stereocenters. The molecule has 0 saturated heterocycles. The van der Waals surface area contributed by atoms with E-state index in [0.29, 0.717) is 6.54 Å². The van der Waals surface area contributed by atoms with Gasteiger partial charge in [0.25, 0.3) is 0 Å². The molecular weight excluding hydrogens is 436 g/mol. The van der Waals surface area contributed by atoms with Crippen LogP contribution in [0, 0.1) is 0 Å². The lowest BCUT2D eigenvalue weighted by molar-refractivity contribution is -0.117. The van der Waals surface area contributed by atoms with Gasteiger partial charge in [-0.3, -0.25) is 9.89 Å². The zero-order valence-corrected chi connectivity index (χ0v) is 19.4. The molecule has 0 fully saturated rings. The Kier molecular flexibility index (Phi) is 4.97. The van der Waals surface area contributed by atoms with Gasteiger partial charge in [-0.1, -0.05) is 30.3 Å². The molecule has 5 rings (SSSR count). The van der Waals surface area contributed by atoms with Crippen LogP contribution in [0.1, 0.15) is 13.8 Å². The van der Waals surface area contributed by atoms with Gasteiger partial charge >= 0.3 is 0 Å². The topological polar surface area (TPSA) is 86.4 Å². The van der Waals surface area contributed by atoms with Crippen molar-refractivity contribution in [2.45, 2.75) is 24.8 Å². The second kappa shape index (κ2) is 7.74. The number of sulfone groups is 1. The van der Waals surface area contributed by atoms with E-state index in [2.05, 4.69) is 15.1 Å². The Morgan fingerprint density at radius 1 is 1.00 bits per heavy atom. The van der Waals surface area contributed by atoms with Crippen molar-refractivity contribution in [2.75, 3.05) is 22.6 Å². The molecule has 1 aliphatic heterocycles. The Labute approximate surface area is 192 Å². The molecule has 1 N–H and O–H groups in total. The minimum Gasteiger partial charge on any atom is -0.320 e. The fraction of sp³-hybridized carbons (Fsp3) is 0.200. The van der Waals surface area contributed by atoms with E-state index in [0.717, 1.165) is 39.2 Å². The Bertz CT molecular complexity index is 1480. The van der Waals surface area contributed by atoms with Crippen LogP contribution in [0.15, 0.2) is 71.6 Å². The van der Waals surface area contributed by atoms with Crippen molar-refractivity contribution >= 4 is 43.8 Å². The molecule has 2 heterocycles. The number of fused-ring (bicyclic) bond motifs is 2.